The molecule has 216 valence electrons. The zero-order valence-corrected chi connectivity index (χ0v) is 24.8. The predicted molar refractivity (Wildman–Crippen MR) is 192 cm³/mol. The molecule has 0 saturated heterocycles. The average molecular weight is 590 g/mol. The van der Waals surface area contributed by atoms with E-state index in [0.29, 0.717) is 0 Å². The smallest absolute Gasteiger partial charge is 0.136 e. The van der Waals surface area contributed by atoms with Gasteiger partial charge in [0, 0.05) is 33.4 Å². The Morgan fingerprint density at radius 1 is 0.478 bits per heavy atom. The van der Waals surface area contributed by atoms with Gasteiger partial charge >= 0.3 is 0 Å². The van der Waals surface area contributed by atoms with Crippen molar-refractivity contribution in [2.24, 2.45) is 0 Å². The summed E-state index contributed by atoms with van der Waals surface area (Å²) >= 11 is 0. The van der Waals surface area contributed by atoms with E-state index < -0.39 is 0 Å². The lowest BCUT2D eigenvalue weighted by Crippen LogP contribution is -2.16. The predicted octanol–water partition coefficient (Wildman–Crippen LogP) is 11.4. The molecule has 1 aliphatic carbocycles. The third-order valence-electron chi connectivity index (χ3n) is 9.06. The van der Waals surface area contributed by atoms with E-state index in [1.165, 1.54) is 10.8 Å². The van der Waals surface area contributed by atoms with E-state index in [1.807, 2.05) is 18.2 Å². The maximum atomic E-state index is 8.80. The molecule has 46 heavy (non-hydrogen) atoms. The molecule has 0 amide bonds. The lowest BCUT2D eigenvalue weighted by Gasteiger charge is -2.27. The van der Waals surface area contributed by atoms with Crippen LogP contribution >= 0.6 is 0 Å². The summed E-state index contributed by atoms with van der Waals surface area (Å²) in [5.74, 6) is 0. The molecule has 0 saturated carbocycles. The lowest BCUT2D eigenvalue weighted by molar-refractivity contribution is 0.669. The van der Waals surface area contributed by atoms with E-state index in [1.54, 1.807) is 6.08 Å². The van der Waals surface area contributed by atoms with Crippen LogP contribution in [0.2, 0.25) is 0 Å². The van der Waals surface area contributed by atoms with Crippen molar-refractivity contribution in [2.75, 3.05) is 4.90 Å². The third-order valence-corrected chi connectivity index (χ3v) is 9.06. The van der Waals surface area contributed by atoms with Gasteiger partial charge in [-0.3, -0.25) is 10.8 Å². The highest BCUT2D eigenvalue weighted by atomic mass is 16.3. The van der Waals surface area contributed by atoms with Crippen LogP contribution in [-0.4, -0.2) is 11.4 Å². The average Bonchev–Trinajstić information content (AvgIpc) is 3.49. The summed E-state index contributed by atoms with van der Waals surface area (Å²) in [6.07, 6.45) is 3.64. The number of fused-ring (bicyclic) bond motifs is 8. The summed E-state index contributed by atoms with van der Waals surface area (Å²) in [6.45, 7) is 0. The van der Waals surface area contributed by atoms with E-state index >= 15 is 0 Å². The highest BCUT2D eigenvalue weighted by Gasteiger charge is 2.21. The fraction of sp³-hybridized carbons (Fsp3) is 0. The molecule has 9 rings (SSSR count). The molecule has 0 aliphatic heterocycles. The Morgan fingerprint density at radius 3 is 2.04 bits per heavy atom. The largest absolute Gasteiger partial charge is 0.456 e. The maximum absolute atomic E-state index is 8.80. The van der Waals surface area contributed by atoms with Crippen LogP contribution in [0.3, 0.4) is 0 Å². The molecule has 4 nitrogen and oxygen atoms in total. The fourth-order valence-corrected chi connectivity index (χ4v) is 6.85. The topological polar surface area (TPSA) is 64.1 Å². The van der Waals surface area contributed by atoms with Crippen LogP contribution in [0.25, 0.3) is 60.7 Å². The first-order chi connectivity index (χ1) is 22.6. The van der Waals surface area contributed by atoms with Crippen LogP contribution in [0.4, 0.5) is 17.1 Å². The highest BCUT2D eigenvalue weighted by Crippen LogP contribution is 2.42. The molecular formula is C42H27N3O. The molecule has 0 bridgehead atoms. The van der Waals surface area contributed by atoms with Gasteiger partial charge in [0.15, 0.2) is 0 Å². The van der Waals surface area contributed by atoms with E-state index in [4.69, 9.17) is 15.2 Å². The summed E-state index contributed by atoms with van der Waals surface area (Å²) < 4.78 is 6.36. The molecule has 0 atom stereocenters. The molecule has 4 heteroatoms. The van der Waals surface area contributed by atoms with Crippen molar-refractivity contribution in [1.29, 1.82) is 10.8 Å². The van der Waals surface area contributed by atoms with Gasteiger partial charge in [-0.1, -0.05) is 97.1 Å². The SMILES string of the molecule is N=C1C=Cc2ccc3ccc(N(c4cccc(-c5ccccc5)c4)c4ccc5oc6ccc7ccccc7c6c5c4)cc3c2C1=N. The minimum Gasteiger partial charge on any atom is -0.456 e. The van der Waals surface area contributed by atoms with Crippen molar-refractivity contribution in [1.82, 2.24) is 0 Å². The van der Waals surface area contributed by atoms with Crippen molar-refractivity contribution in [2.45, 2.75) is 0 Å². The Hall–Kier alpha value is -6.26. The van der Waals surface area contributed by atoms with Crippen LogP contribution in [0.5, 0.6) is 0 Å². The summed E-state index contributed by atoms with van der Waals surface area (Å²) in [4.78, 5) is 2.28. The van der Waals surface area contributed by atoms with E-state index in [9.17, 15) is 0 Å². The van der Waals surface area contributed by atoms with Crippen LogP contribution < -0.4 is 4.90 Å². The monoisotopic (exact) mass is 589 g/mol. The van der Waals surface area contributed by atoms with Crippen LogP contribution in [0.1, 0.15) is 11.1 Å². The summed E-state index contributed by atoms with van der Waals surface area (Å²) in [6, 6.07) is 48.7. The van der Waals surface area contributed by atoms with Crippen molar-refractivity contribution in [3.05, 3.63) is 157 Å². The van der Waals surface area contributed by atoms with Gasteiger partial charge in [0.2, 0.25) is 0 Å². The van der Waals surface area contributed by atoms with Crippen LogP contribution in [0.15, 0.2) is 150 Å². The zero-order chi connectivity index (χ0) is 30.8. The van der Waals surface area contributed by atoms with Crippen molar-refractivity contribution in [3.8, 4) is 11.1 Å². The van der Waals surface area contributed by atoms with Gasteiger partial charge in [-0.05, 0) is 92.8 Å². The number of rotatable bonds is 4. The van der Waals surface area contributed by atoms with Gasteiger partial charge in [0.25, 0.3) is 0 Å². The second kappa shape index (κ2) is 10.1. The Kier molecular flexibility index (Phi) is 5.77. The van der Waals surface area contributed by atoms with E-state index in [-0.39, 0.29) is 11.4 Å². The number of nitrogens with one attached hydrogen (secondary N) is 2. The number of allylic oxidation sites excluding steroid dienone is 1. The summed E-state index contributed by atoms with van der Waals surface area (Å²) in [5, 5.41) is 23.7. The zero-order valence-electron chi connectivity index (χ0n) is 24.8. The molecule has 0 fully saturated rings. The number of hydrogen-bond acceptors (Lipinski definition) is 4. The van der Waals surface area contributed by atoms with Crippen LogP contribution in [-0.2, 0) is 0 Å². The van der Waals surface area contributed by atoms with Gasteiger partial charge in [0.1, 0.15) is 11.2 Å². The number of hydrogen-bond donors (Lipinski definition) is 2. The molecule has 1 heterocycles. The quantitative estimate of drug-likeness (QED) is 0.214. The Morgan fingerprint density at radius 2 is 1.15 bits per heavy atom. The maximum Gasteiger partial charge on any atom is 0.136 e. The Balaban J connectivity index is 1.31. The second-order valence-corrected chi connectivity index (χ2v) is 11.8. The first-order valence-corrected chi connectivity index (χ1v) is 15.3. The first kappa shape index (κ1) is 26.2. The Labute approximate surface area is 265 Å². The molecule has 8 aromatic rings. The Bertz CT molecular complexity index is 2580. The standard InChI is InChI=1S/C42H27N3O/c43-37-20-16-29-14-13-28-15-18-32(24-35(28)40(29)42(37)44)45(31-11-6-10-30(23-31)26-7-2-1-3-8-26)33-19-22-38-36(25-33)41-34-12-5-4-9-27(34)17-21-39(41)46-38/h1-25,43-44H. The molecule has 7 aromatic carbocycles. The van der Waals surface area contributed by atoms with Gasteiger partial charge in [-0.15, -0.1) is 0 Å². The minimum absolute atomic E-state index is 0.224. The van der Waals surface area contributed by atoms with Crippen molar-refractivity contribution in [3.63, 3.8) is 0 Å². The van der Waals surface area contributed by atoms with Crippen LogP contribution in [0, 0.1) is 10.8 Å². The van der Waals surface area contributed by atoms with E-state index in [0.717, 1.165) is 72.0 Å². The number of nitrogens with zero attached hydrogens (tertiary/aromatic N) is 1. The normalized spacial score (nSPS) is 12.8. The third kappa shape index (κ3) is 4.08. The number of furan rings is 1. The molecule has 1 aromatic heterocycles. The summed E-state index contributed by atoms with van der Waals surface area (Å²) in [5.41, 5.74) is 9.21. The minimum atomic E-state index is 0.224. The first-order valence-electron chi connectivity index (χ1n) is 15.3. The molecule has 1 aliphatic rings. The number of benzene rings is 7. The highest BCUT2D eigenvalue weighted by molar-refractivity contribution is 6.53. The molecule has 0 spiro atoms. The number of anilines is 3. The molecule has 0 unspecified atom stereocenters. The van der Waals surface area contributed by atoms with Gasteiger partial charge in [-0.2, -0.15) is 0 Å². The molecule has 0 radical (unpaired) electrons. The van der Waals surface area contributed by atoms with E-state index in [2.05, 4.69) is 132 Å². The van der Waals surface area contributed by atoms with Gasteiger partial charge < -0.3 is 9.32 Å². The molecular weight excluding hydrogens is 562 g/mol. The fourth-order valence-electron chi connectivity index (χ4n) is 6.85. The van der Waals surface area contributed by atoms with Crippen molar-refractivity contribution >= 4 is 78.0 Å². The second-order valence-electron chi connectivity index (χ2n) is 11.8. The van der Waals surface area contributed by atoms with Gasteiger partial charge in [-0.25, -0.2) is 0 Å². The molecule has 2 N–H and O–H groups in total. The van der Waals surface area contributed by atoms with Gasteiger partial charge in [0.05, 0.1) is 11.4 Å². The summed E-state index contributed by atoms with van der Waals surface area (Å²) in [7, 11) is 0. The van der Waals surface area contributed by atoms with Crippen molar-refractivity contribution < 1.29 is 4.42 Å². The lowest BCUT2D eigenvalue weighted by atomic mass is 9.89.